The van der Waals surface area contributed by atoms with E-state index in [1.165, 1.54) is 12.1 Å². The molecule has 0 atom stereocenters. The third-order valence-corrected chi connectivity index (χ3v) is 5.30. The van der Waals surface area contributed by atoms with Gasteiger partial charge >= 0.3 is 5.97 Å². The normalized spacial score (nSPS) is 11.2. The summed E-state index contributed by atoms with van der Waals surface area (Å²) < 4.78 is 24.1. The molecule has 5 rings (SSSR count). The molecule has 1 N–H and O–H groups in total. The molecule has 0 unspecified atom stereocenters. The number of nitrogens with one attached hydrogen (secondary N) is 1. The number of halogens is 1. The maximum Gasteiger partial charge on any atom is 0.339 e. The van der Waals surface area contributed by atoms with E-state index < -0.39 is 5.97 Å². The number of esters is 1. The quantitative estimate of drug-likeness (QED) is 0.413. The van der Waals surface area contributed by atoms with Crippen LogP contribution in [0, 0.1) is 19.7 Å². The molecular weight excluding hydrogens is 427 g/mol. The Labute approximate surface area is 186 Å². The van der Waals surface area contributed by atoms with Gasteiger partial charge in [-0.05, 0) is 55.8 Å². The van der Waals surface area contributed by atoms with Gasteiger partial charge in [0.15, 0.2) is 0 Å². The van der Waals surface area contributed by atoms with Crippen molar-refractivity contribution in [3.8, 4) is 11.3 Å². The third-order valence-electron chi connectivity index (χ3n) is 5.30. The second-order valence-corrected chi connectivity index (χ2v) is 7.57. The number of fused-ring (bicyclic) bond motifs is 2. The number of benzene rings is 2. The van der Waals surface area contributed by atoms with Gasteiger partial charge in [0.05, 0.1) is 33.2 Å². The fraction of sp³-hybridized carbons (Fsp3) is 0.125. The van der Waals surface area contributed by atoms with Crippen molar-refractivity contribution in [1.82, 2.24) is 20.1 Å². The van der Waals surface area contributed by atoms with E-state index >= 15 is 0 Å². The first-order valence-corrected chi connectivity index (χ1v) is 10.1. The number of pyridine rings is 1. The van der Waals surface area contributed by atoms with Gasteiger partial charge in [0.2, 0.25) is 0 Å². The molecular formula is C24H17FN4O4. The van der Waals surface area contributed by atoms with Crippen LogP contribution in [0.15, 0.2) is 57.8 Å². The second kappa shape index (κ2) is 7.94. The molecule has 0 aliphatic rings. The summed E-state index contributed by atoms with van der Waals surface area (Å²) in [6, 6.07) is 12.6. The number of aromatic nitrogens is 4. The van der Waals surface area contributed by atoms with Crippen molar-refractivity contribution in [2.45, 2.75) is 20.5 Å². The third kappa shape index (κ3) is 3.73. The maximum atomic E-state index is 13.3. The lowest BCUT2D eigenvalue weighted by Gasteiger charge is -2.09. The van der Waals surface area contributed by atoms with Gasteiger partial charge in [0, 0.05) is 5.56 Å². The van der Waals surface area contributed by atoms with Crippen LogP contribution >= 0.6 is 0 Å². The van der Waals surface area contributed by atoms with E-state index in [9.17, 15) is 14.0 Å². The number of carbonyl (C=O) groups excluding carboxylic acids is 1. The van der Waals surface area contributed by atoms with Gasteiger partial charge in [-0.2, -0.15) is 0 Å². The maximum absolute atomic E-state index is 13.3. The molecule has 3 heterocycles. The van der Waals surface area contributed by atoms with Crippen molar-refractivity contribution in [2.24, 2.45) is 0 Å². The van der Waals surface area contributed by atoms with Crippen LogP contribution in [0.2, 0.25) is 0 Å². The average molecular weight is 444 g/mol. The summed E-state index contributed by atoms with van der Waals surface area (Å²) in [4.78, 5) is 36.9. The number of carbonyl (C=O) groups is 1. The van der Waals surface area contributed by atoms with E-state index in [-0.39, 0.29) is 35.1 Å². The van der Waals surface area contributed by atoms with Crippen LogP contribution in [0.3, 0.4) is 0 Å². The van der Waals surface area contributed by atoms with Gasteiger partial charge in [0.25, 0.3) is 11.3 Å². The SMILES string of the molecule is Cc1cccc2c(=O)[nH]c(COC(=O)c3cc(-c4ccc(F)cc4)nc4onc(C)c34)nc12. The number of para-hydroxylation sites is 1. The number of nitrogens with zero attached hydrogens (tertiary/aromatic N) is 3. The topological polar surface area (TPSA) is 111 Å². The number of ether oxygens (including phenoxy) is 1. The lowest BCUT2D eigenvalue weighted by molar-refractivity contribution is 0.0464. The number of hydrogen-bond acceptors (Lipinski definition) is 7. The standard InChI is InChI=1S/C24H17FN4O4/c1-12-4-3-5-16-21(12)27-19(28-22(16)30)11-32-24(31)17-10-18(14-6-8-15(25)9-7-14)26-23-20(17)13(2)29-33-23/h3-10H,11H2,1-2H3,(H,27,28,30). The van der Waals surface area contributed by atoms with Crippen molar-refractivity contribution in [3.05, 3.63) is 87.3 Å². The highest BCUT2D eigenvalue weighted by atomic mass is 19.1. The van der Waals surface area contributed by atoms with Crippen LogP contribution in [0.4, 0.5) is 4.39 Å². The van der Waals surface area contributed by atoms with Crippen molar-refractivity contribution in [1.29, 1.82) is 0 Å². The van der Waals surface area contributed by atoms with Crippen LogP contribution < -0.4 is 5.56 Å². The zero-order valence-corrected chi connectivity index (χ0v) is 17.7. The highest BCUT2D eigenvalue weighted by molar-refractivity contribution is 6.04. The summed E-state index contributed by atoms with van der Waals surface area (Å²) >= 11 is 0. The van der Waals surface area contributed by atoms with Gasteiger partial charge in [-0.15, -0.1) is 0 Å². The number of hydrogen-bond donors (Lipinski definition) is 1. The smallest absolute Gasteiger partial charge is 0.339 e. The van der Waals surface area contributed by atoms with Gasteiger partial charge in [-0.3, -0.25) is 4.79 Å². The Hall–Kier alpha value is -4.40. The molecule has 5 aromatic rings. The van der Waals surface area contributed by atoms with Crippen LogP contribution in [-0.2, 0) is 11.3 Å². The zero-order chi connectivity index (χ0) is 23.1. The van der Waals surface area contributed by atoms with Crippen molar-refractivity contribution in [3.63, 3.8) is 0 Å². The molecule has 0 aliphatic heterocycles. The minimum absolute atomic E-state index is 0.161. The summed E-state index contributed by atoms with van der Waals surface area (Å²) in [6.07, 6.45) is 0. The lowest BCUT2D eigenvalue weighted by atomic mass is 10.1. The fourth-order valence-corrected chi connectivity index (χ4v) is 3.66. The summed E-state index contributed by atoms with van der Waals surface area (Å²) in [5.41, 5.74) is 2.90. The molecule has 0 radical (unpaired) electrons. The number of aromatic amines is 1. The molecule has 0 aliphatic carbocycles. The van der Waals surface area contributed by atoms with Gasteiger partial charge in [0.1, 0.15) is 18.2 Å². The molecule has 33 heavy (non-hydrogen) atoms. The Kier molecular flexibility index (Phi) is 4.93. The van der Waals surface area contributed by atoms with Crippen LogP contribution in [-0.4, -0.2) is 26.1 Å². The molecule has 3 aromatic heterocycles. The Balaban J connectivity index is 1.50. The van der Waals surface area contributed by atoms with Gasteiger partial charge in [-0.1, -0.05) is 17.3 Å². The molecule has 0 amide bonds. The molecule has 0 saturated heterocycles. The number of H-pyrrole nitrogens is 1. The highest BCUT2D eigenvalue weighted by Gasteiger charge is 2.21. The van der Waals surface area contributed by atoms with Crippen molar-refractivity contribution < 1.29 is 18.4 Å². The molecule has 164 valence electrons. The van der Waals surface area contributed by atoms with Crippen LogP contribution in [0.5, 0.6) is 0 Å². The number of aryl methyl sites for hydroxylation is 2. The Morgan fingerprint density at radius 1 is 1.12 bits per heavy atom. The molecule has 8 nitrogen and oxygen atoms in total. The van der Waals surface area contributed by atoms with Crippen molar-refractivity contribution >= 4 is 28.0 Å². The highest BCUT2D eigenvalue weighted by Crippen LogP contribution is 2.28. The average Bonchev–Trinajstić information content (AvgIpc) is 3.19. The summed E-state index contributed by atoms with van der Waals surface area (Å²) in [7, 11) is 0. The van der Waals surface area contributed by atoms with E-state index in [2.05, 4.69) is 20.1 Å². The molecule has 9 heteroatoms. The summed E-state index contributed by atoms with van der Waals surface area (Å²) in [6.45, 7) is 3.30. The van der Waals surface area contributed by atoms with Crippen LogP contribution in [0.25, 0.3) is 33.3 Å². The summed E-state index contributed by atoms with van der Waals surface area (Å²) in [5, 5.41) is 4.78. The molecule has 0 spiro atoms. The molecule has 2 aromatic carbocycles. The van der Waals surface area contributed by atoms with Gasteiger partial charge in [-0.25, -0.2) is 19.2 Å². The first-order chi connectivity index (χ1) is 15.9. The largest absolute Gasteiger partial charge is 0.454 e. The first kappa shape index (κ1) is 20.5. The van der Waals surface area contributed by atoms with E-state index in [4.69, 9.17) is 9.26 Å². The Morgan fingerprint density at radius 3 is 2.70 bits per heavy atom. The lowest BCUT2D eigenvalue weighted by Crippen LogP contribution is -2.15. The van der Waals surface area contributed by atoms with E-state index in [1.54, 1.807) is 37.3 Å². The number of rotatable bonds is 4. The predicted molar refractivity (Wildman–Crippen MR) is 118 cm³/mol. The van der Waals surface area contributed by atoms with E-state index in [0.717, 1.165) is 5.56 Å². The van der Waals surface area contributed by atoms with Crippen molar-refractivity contribution in [2.75, 3.05) is 0 Å². The Bertz CT molecular complexity index is 1590. The predicted octanol–water partition coefficient (Wildman–Crippen LogP) is 4.24. The molecule has 0 saturated carbocycles. The zero-order valence-electron chi connectivity index (χ0n) is 17.7. The first-order valence-electron chi connectivity index (χ1n) is 10.1. The molecule has 0 fully saturated rings. The monoisotopic (exact) mass is 444 g/mol. The van der Waals surface area contributed by atoms with E-state index in [1.807, 2.05) is 13.0 Å². The fourth-order valence-electron chi connectivity index (χ4n) is 3.66. The minimum Gasteiger partial charge on any atom is -0.454 e. The van der Waals surface area contributed by atoms with E-state index in [0.29, 0.717) is 33.2 Å². The Morgan fingerprint density at radius 2 is 1.91 bits per heavy atom. The molecule has 0 bridgehead atoms. The minimum atomic E-state index is -0.662. The van der Waals surface area contributed by atoms with Gasteiger partial charge < -0.3 is 14.2 Å². The summed E-state index contributed by atoms with van der Waals surface area (Å²) in [5.74, 6) is -0.826. The van der Waals surface area contributed by atoms with Crippen LogP contribution in [0.1, 0.15) is 27.4 Å². The second-order valence-electron chi connectivity index (χ2n) is 7.57.